The normalized spacial score (nSPS) is 10.3. The maximum Gasteiger partial charge on any atom is 0.149 e. The predicted octanol–water partition coefficient (Wildman–Crippen LogP) is -3.34. The first-order chi connectivity index (χ1) is 3.35. The fourth-order valence-corrected chi connectivity index (χ4v) is 0.144. The Balaban J connectivity index is 2.99. The van der Waals surface area contributed by atoms with Gasteiger partial charge < -0.3 is 0 Å². The lowest BCUT2D eigenvalue weighted by atomic mass is 10.9. The summed E-state index contributed by atoms with van der Waals surface area (Å²) < 4.78 is 0. The van der Waals surface area contributed by atoms with Gasteiger partial charge in [-0.05, 0) is 0 Å². The van der Waals surface area contributed by atoms with Crippen LogP contribution < -0.4 is 33.8 Å². The van der Waals surface area contributed by atoms with Crippen molar-refractivity contribution in [2.24, 2.45) is 17.5 Å². The van der Waals surface area contributed by atoms with E-state index in [-0.39, 0.29) is 0 Å². The van der Waals surface area contributed by atoms with Crippen LogP contribution in [-0.2, 0) is 0 Å². The lowest BCUT2D eigenvalue weighted by Gasteiger charge is -2.10. The molecule has 0 heterocycles. The summed E-state index contributed by atoms with van der Waals surface area (Å²) in [5.74, 6) is 14.6. The van der Waals surface area contributed by atoms with Gasteiger partial charge in [0.1, 0.15) is 6.29 Å². The van der Waals surface area contributed by atoms with Crippen LogP contribution in [0.5, 0.6) is 0 Å². The van der Waals surface area contributed by atoms with Gasteiger partial charge in [-0.2, -0.15) is 0 Å². The number of nitrogens with one attached hydrogen (secondary N) is 3. The number of rotatable bonds is 3. The smallest absolute Gasteiger partial charge is 0.149 e. The minimum Gasteiger partial charge on any atom is -0.269 e. The van der Waals surface area contributed by atoms with Gasteiger partial charge in [-0.25, -0.2) is 16.3 Å². The van der Waals surface area contributed by atoms with Crippen molar-refractivity contribution >= 4 is 0 Å². The zero-order valence-electron chi connectivity index (χ0n) is 3.81. The molecule has 0 amide bonds. The maximum atomic E-state index is 4.86. The largest absolute Gasteiger partial charge is 0.269 e. The average molecular weight is 106 g/mol. The Morgan fingerprint density at radius 2 is 1.14 bits per heavy atom. The van der Waals surface area contributed by atoms with Crippen molar-refractivity contribution < 1.29 is 0 Å². The van der Waals surface area contributed by atoms with Crippen LogP contribution in [0, 0.1) is 0 Å². The molecule has 6 nitrogen and oxygen atoms in total. The van der Waals surface area contributed by atoms with E-state index in [0.717, 1.165) is 0 Å². The van der Waals surface area contributed by atoms with Gasteiger partial charge in [-0.1, -0.05) is 0 Å². The van der Waals surface area contributed by atoms with E-state index in [1.807, 2.05) is 0 Å². The van der Waals surface area contributed by atoms with Crippen molar-refractivity contribution in [2.45, 2.75) is 6.29 Å². The molecule has 0 rings (SSSR count). The van der Waals surface area contributed by atoms with E-state index in [9.17, 15) is 0 Å². The highest BCUT2D eigenvalue weighted by Crippen LogP contribution is 1.48. The van der Waals surface area contributed by atoms with Crippen LogP contribution in [0.3, 0.4) is 0 Å². The molecule has 0 aromatic carbocycles. The summed E-state index contributed by atoms with van der Waals surface area (Å²) in [5.41, 5.74) is 6.69. The van der Waals surface area contributed by atoms with Gasteiger partial charge in [0, 0.05) is 0 Å². The van der Waals surface area contributed by atoms with Crippen LogP contribution in [0.2, 0.25) is 0 Å². The summed E-state index contributed by atoms with van der Waals surface area (Å²) in [4.78, 5) is 0. The van der Waals surface area contributed by atoms with E-state index in [4.69, 9.17) is 17.5 Å². The van der Waals surface area contributed by atoms with E-state index in [1.54, 1.807) is 0 Å². The molecule has 7 heavy (non-hydrogen) atoms. The first-order valence-electron chi connectivity index (χ1n) is 1.73. The van der Waals surface area contributed by atoms with E-state index in [2.05, 4.69) is 16.3 Å². The lowest BCUT2D eigenvalue weighted by molar-refractivity contribution is 0.373. The topological polar surface area (TPSA) is 114 Å². The first-order valence-corrected chi connectivity index (χ1v) is 1.73. The number of hydrogen-bond acceptors (Lipinski definition) is 6. The first kappa shape index (κ1) is 6.76. The molecule has 9 N–H and O–H groups in total. The van der Waals surface area contributed by atoms with E-state index < -0.39 is 6.29 Å². The monoisotopic (exact) mass is 106 g/mol. The Labute approximate surface area is 41.3 Å². The third kappa shape index (κ3) is 2.45. The molecule has 0 aliphatic carbocycles. The molecular weight excluding hydrogens is 96.1 g/mol. The average Bonchev–Trinajstić information content (AvgIpc) is 1.72. The molecule has 0 bridgehead atoms. The van der Waals surface area contributed by atoms with Crippen molar-refractivity contribution in [3.8, 4) is 0 Å². The zero-order valence-corrected chi connectivity index (χ0v) is 3.81. The minimum absolute atomic E-state index is 0.431. The Kier molecular flexibility index (Phi) is 3.80. The number of hydrazine groups is 3. The van der Waals surface area contributed by atoms with E-state index in [1.165, 1.54) is 0 Å². The van der Waals surface area contributed by atoms with Crippen LogP contribution in [0.1, 0.15) is 0 Å². The number of nitrogens with two attached hydrogens (primary N) is 3. The van der Waals surface area contributed by atoms with Crippen molar-refractivity contribution in [1.82, 2.24) is 16.3 Å². The lowest BCUT2D eigenvalue weighted by Crippen LogP contribution is -2.60. The Hall–Kier alpha value is -0.240. The quantitative estimate of drug-likeness (QED) is 0.127. The molecule has 0 fully saturated rings. The van der Waals surface area contributed by atoms with Crippen LogP contribution in [0.25, 0.3) is 0 Å². The van der Waals surface area contributed by atoms with Gasteiger partial charge in [0.15, 0.2) is 0 Å². The summed E-state index contributed by atoms with van der Waals surface area (Å²) in [6.07, 6.45) is -0.431. The second-order valence-corrected chi connectivity index (χ2v) is 0.933. The van der Waals surface area contributed by atoms with Crippen LogP contribution >= 0.6 is 0 Å². The molecule has 0 radical (unpaired) electrons. The Morgan fingerprint density at radius 3 is 1.14 bits per heavy atom. The molecule has 0 aliphatic heterocycles. The molecule has 0 saturated carbocycles. The molecule has 0 aromatic rings. The van der Waals surface area contributed by atoms with Gasteiger partial charge in [0.05, 0.1) is 0 Å². The van der Waals surface area contributed by atoms with E-state index in [0.29, 0.717) is 0 Å². The molecule has 0 aliphatic rings. The van der Waals surface area contributed by atoms with Crippen molar-refractivity contribution in [1.29, 1.82) is 0 Å². The summed E-state index contributed by atoms with van der Waals surface area (Å²) in [6, 6.07) is 0. The Bertz CT molecular complexity index is 25.7. The zero-order chi connectivity index (χ0) is 5.70. The fourth-order valence-electron chi connectivity index (χ4n) is 0.144. The second kappa shape index (κ2) is 3.93. The van der Waals surface area contributed by atoms with Crippen molar-refractivity contribution in [2.75, 3.05) is 0 Å². The highest BCUT2D eigenvalue weighted by molar-refractivity contribution is 4.42. The molecule has 44 valence electrons. The SMILES string of the molecule is NNC(NN)NN. The van der Waals surface area contributed by atoms with Gasteiger partial charge >= 0.3 is 0 Å². The predicted molar refractivity (Wildman–Crippen MR) is 25.8 cm³/mol. The minimum atomic E-state index is -0.431. The van der Waals surface area contributed by atoms with Gasteiger partial charge in [-0.3, -0.25) is 17.5 Å². The van der Waals surface area contributed by atoms with Crippen LogP contribution in [-0.4, -0.2) is 6.29 Å². The summed E-state index contributed by atoms with van der Waals surface area (Å²) >= 11 is 0. The van der Waals surface area contributed by atoms with Gasteiger partial charge in [0.25, 0.3) is 0 Å². The third-order valence-corrected chi connectivity index (χ3v) is 0.500. The second-order valence-electron chi connectivity index (χ2n) is 0.933. The van der Waals surface area contributed by atoms with Crippen molar-refractivity contribution in [3.05, 3.63) is 0 Å². The van der Waals surface area contributed by atoms with Crippen LogP contribution in [0.15, 0.2) is 0 Å². The molecule has 0 unspecified atom stereocenters. The van der Waals surface area contributed by atoms with Gasteiger partial charge in [-0.15, -0.1) is 0 Å². The van der Waals surface area contributed by atoms with E-state index >= 15 is 0 Å². The van der Waals surface area contributed by atoms with Gasteiger partial charge in [0.2, 0.25) is 0 Å². The number of hydrogen-bond donors (Lipinski definition) is 6. The standard InChI is InChI=1S/CH10N6/c2-5-1(6-3)7-4/h1,5-7H,2-4H2. The maximum absolute atomic E-state index is 4.86. The van der Waals surface area contributed by atoms with Crippen LogP contribution in [0.4, 0.5) is 0 Å². The molecule has 0 saturated heterocycles. The molecular formula is CH10N6. The third-order valence-electron chi connectivity index (χ3n) is 0.500. The molecule has 6 heteroatoms. The Morgan fingerprint density at radius 1 is 0.857 bits per heavy atom. The van der Waals surface area contributed by atoms with Crippen molar-refractivity contribution in [3.63, 3.8) is 0 Å². The fraction of sp³-hybridized carbons (Fsp3) is 1.00. The summed E-state index contributed by atoms with van der Waals surface area (Å²) in [7, 11) is 0. The molecule has 0 atom stereocenters. The highest BCUT2D eigenvalue weighted by Gasteiger charge is 1.92. The molecule has 0 aromatic heterocycles. The summed E-state index contributed by atoms with van der Waals surface area (Å²) in [6.45, 7) is 0. The molecule has 0 spiro atoms. The highest BCUT2D eigenvalue weighted by atomic mass is 15.5. The summed E-state index contributed by atoms with van der Waals surface area (Å²) in [5, 5.41) is 0.